The summed E-state index contributed by atoms with van der Waals surface area (Å²) in [4.78, 5) is 23.2. The number of hydrogen-bond donors (Lipinski definition) is 0. The lowest BCUT2D eigenvalue weighted by Crippen LogP contribution is -2.58. The molecule has 2 saturated carbocycles. The predicted octanol–water partition coefficient (Wildman–Crippen LogP) is 7.29. The van der Waals surface area contributed by atoms with Crippen LogP contribution in [-0.2, 0) is 19.1 Å². The Hall–Kier alpha value is -2.28. The van der Waals surface area contributed by atoms with Gasteiger partial charge in [0.05, 0.1) is 0 Å². The Kier molecular flexibility index (Phi) is 6.94. The highest BCUT2D eigenvalue weighted by Gasteiger charge is 2.77. The summed E-state index contributed by atoms with van der Waals surface area (Å²) in [5, 5.41) is 0. The van der Waals surface area contributed by atoms with Crippen LogP contribution in [0.1, 0.15) is 58.8 Å². The lowest BCUT2D eigenvalue weighted by Gasteiger charge is -2.56. The van der Waals surface area contributed by atoms with E-state index in [1.165, 1.54) is 6.08 Å². The van der Waals surface area contributed by atoms with Gasteiger partial charge in [-0.3, -0.25) is 0 Å². The van der Waals surface area contributed by atoms with Gasteiger partial charge in [-0.05, 0) is 73.3 Å². The van der Waals surface area contributed by atoms with Crippen molar-refractivity contribution in [3.05, 3.63) is 23.5 Å². The van der Waals surface area contributed by atoms with Gasteiger partial charge in [-0.25, -0.2) is 9.59 Å². The second kappa shape index (κ2) is 9.12. The van der Waals surface area contributed by atoms with Crippen molar-refractivity contribution in [2.75, 3.05) is 0 Å². The van der Waals surface area contributed by atoms with E-state index in [-0.39, 0.29) is 36.4 Å². The molecule has 2 fully saturated rings. The molecule has 0 heterocycles. The monoisotopic (exact) mass is 580 g/mol. The van der Waals surface area contributed by atoms with Crippen molar-refractivity contribution in [1.29, 1.82) is 0 Å². The normalized spacial score (nSPS) is 35.2. The molecule has 4 aliphatic rings. The van der Waals surface area contributed by atoms with Crippen LogP contribution in [0.3, 0.4) is 0 Å². The van der Waals surface area contributed by atoms with Gasteiger partial charge in [-0.15, -0.1) is 0 Å². The van der Waals surface area contributed by atoms with Crippen LogP contribution in [0.15, 0.2) is 23.5 Å². The van der Waals surface area contributed by atoms with Crippen LogP contribution in [0.5, 0.6) is 0 Å². The van der Waals surface area contributed by atoms with E-state index in [0.717, 1.165) is 0 Å². The van der Waals surface area contributed by atoms with Crippen LogP contribution in [0.4, 0.5) is 43.9 Å². The SMILES string of the molecule is C[C@]12CC[C@H]3[C@@H](CC=C4C=C(OC(=O)C(F)(F)F)CC[C@@]43C)[C@@H]1CC[C@@H]2OC(=O)C(F)(F)C(F)(F)C(F)(F)F. The van der Waals surface area contributed by atoms with E-state index < -0.39 is 53.1 Å². The van der Waals surface area contributed by atoms with Crippen molar-refractivity contribution in [2.24, 2.45) is 28.6 Å². The fourth-order valence-corrected chi connectivity index (χ4v) is 7.21. The van der Waals surface area contributed by atoms with E-state index in [0.29, 0.717) is 37.7 Å². The molecule has 14 heteroatoms. The van der Waals surface area contributed by atoms with Crippen molar-refractivity contribution in [3.63, 3.8) is 0 Å². The number of carbonyl (C=O) groups is 2. The maximum absolute atomic E-state index is 13.9. The molecule has 0 N–H and O–H groups in total. The summed E-state index contributed by atoms with van der Waals surface area (Å²) < 4.78 is 139. The highest BCUT2D eigenvalue weighted by atomic mass is 19.4. The van der Waals surface area contributed by atoms with Crippen LogP contribution in [0.2, 0.25) is 0 Å². The van der Waals surface area contributed by atoms with Gasteiger partial charge in [0.25, 0.3) is 0 Å². The molecule has 0 saturated heterocycles. The van der Waals surface area contributed by atoms with Crippen LogP contribution in [0, 0.1) is 28.6 Å². The number of hydrogen-bond acceptors (Lipinski definition) is 4. The molecule has 0 bridgehead atoms. The molecule has 39 heavy (non-hydrogen) atoms. The van der Waals surface area contributed by atoms with E-state index in [4.69, 9.17) is 0 Å². The molecule has 0 unspecified atom stereocenters. The molecule has 0 amide bonds. The Morgan fingerprint density at radius 3 is 2.10 bits per heavy atom. The summed E-state index contributed by atoms with van der Waals surface area (Å²) in [6.45, 7) is 3.58. The number of allylic oxidation sites excluding steroid dienone is 4. The van der Waals surface area contributed by atoms with Crippen molar-refractivity contribution in [2.45, 2.75) is 89.1 Å². The number of halogens is 10. The number of rotatable bonds is 4. The molecule has 0 aromatic heterocycles. The first kappa shape index (κ1) is 29.7. The largest absolute Gasteiger partial charge is 0.491 e. The average molecular weight is 580 g/mol. The summed E-state index contributed by atoms with van der Waals surface area (Å²) in [6, 6.07) is 0. The zero-order chi connectivity index (χ0) is 29.4. The number of ether oxygens (including phenoxy) is 2. The molecule has 220 valence electrons. The Bertz CT molecular complexity index is 1090. The number of alkyl halides is 10. The van der Waals surface area contributed by atoms with Gasteiger partial charge in [0.15, 0.2) is 0 Å². The molecule has 0 radical (unpaired) electrons. The van der Waals surface area contributed by atoms with E-state index in [1.54, 1.807) is 6.92 Å². The summed E-state index contributed by atoms with van der Waals surface area (Å²) in [7, 11) is 0. The topological polar surface area (TPSA) is 52.6 Å². The van der Waals surface area contributed by atoms with Gasteiger partial charge >= 0.3 is 36.1 Å². The van der Waals surface area contributed by atoms with Gasteiger partial charge in [0.2, 0.25) is 0 Å². The Morgan fingerprint density at radius 2 is 1.51 bits per heavy atom. The standard InChI is InChI=1S/C25H26F10O4/c1-20-9-7-13(38-19(37)23(28,29)30)11-12(20)3-4-14-15-5-6-17(21(15,2)10-8-16(14)20)39-18(36)22(26,27)24(31,32)25(33,34)35/h3,11,14-17H,4-10H2,1-2H3/t14-,15-,16-,17-,20-,21-/m0/s1. The summed E-state index contributed by atoms with van der Waals surface area (Å²) >= 11 is 0. The van der Waals surface area contributed by atoms with Gasteiger partial charge < -0.3 is 9.47 Å². The second-order valence-corrected chi connectivity index (χ2v) is 11.3. The highest BCUT2D eigenvalue weighted by molar-refractivity contribution is 5.79. The lowest BCUT2D eigenvalue weighted by molar-refractivity contribution is -0.349. The van der Waals surface area contributed by atoms with Crippen LogP contribution in [0.25, 0.3) is 0 Å². The fraction of sp³-hybridized carbons (Fsp3) is 0.760. The average Bonchev–Trinajstić information content (AvgIpc) is 3.13. The third-order valence-corrected chi connectivity index (χ3v) is 9.36. The molecular formula is C25H26F10O4. The van der Waals surface area contributed by atoms with Crippen molar-refractivity contribution in [1.82, 2.24) is 0 Å². The van der Waals surface area contributed by atoms with Gasteiger partial charge in [0.1, 0.15) is 11.9 Å². The minimum absolute atomic E-state index is 0.00846. The van der Waals surface area contributed by atoms with Gasteiger partial charge in [-0.1, -0.05) is 19.9 Å². The Labute approximate surface area is 216 Å². The predicted molar refractivity (Wildman–Crippen MR) is 113 cm³/mol. The second-order valence-electron chi connectivity index (χ2n) is 11.3. The summed E-state index contributed by atoms with van der Waals surface area (Å²) in [5.74, 6) is -18.4. The first-order valence-electron chi connectivity index (χ1n) is 12.4. The van der Waals surface area contributed by atoms with Gasteiger partial charge in [-0.2, -0.15) is 43.9 Å². The molecule has 0 spiro atoms. The van der Waals surface area contributed by atoms with Gasteiger partial charge in [0, 0.05) is 11.8 Å². The summed E-state index contributed by atoms with van der Waals surface area (Å²) in [6.07, 6.45) is -7.83. The Balaban J connectivity index is 1.52. The molecule has 6 atom stereocenters. The van der Waals surface area contributed by atoms with Crippen molar-refractivity contribution >= 4 is 11.9 Å². The zero-order valence-electron chi connectivity index (χ0n) is 20.8. The maximum Gasteiger partial charge on any atom is 0.491 e. The minimum Gasteiger partial charge on any atom is -0.457 e. The molecule has 4 rings (SSSR count). The van der Waals surface area contributed by atoms with Crippen LogP contribution < -0.4 is 0 Å². The molecule has 0 aliphatic heterocycles. The van der Waals surface area contributed by atoms with E-state index in [1.807, 2.05) is 13.0 Å². The van der Waals surface area contributed by atoms with E-state index >= 15 is 0 Å². The third kappa shape index (κ3) is 4.62. The smallest absolute Gasteiger partial charge is 0.457 e. The first-order chi connectivity index (χ1) is 17.7. The third-order valence-electron chi connectivity index (χ3n) is 9.36. The fourth-order valence-electron chi connectivity index (χ4n) is 7.21. The molecule has 0 aromatic rings. The Morgan fingerprint density at radius 1 is 0.872 bits per heavy atom. The molecule has 4 nitrogen and oxygen atoms in total. The first-order valence-corrected chi connectivity index (χ1v) is 12.4. The quantitative estimate of drug-likeness (QED) is 0.259. The van der Waals surface area contributed by atoms with Crippen LogP contribution in [-0.4, -0.2) is 42.2 Å². The highest BCUT2D eigenvalue weighted by Crippen LogP contribution is 2.65. The minimum atomic E-state index is -6.66. The molecular weight excluding hydrogens is 554 g/mol. The van der Waals surface area contributed by atoms with E-state index in [9.17, 15) is 53.5 Å². The molecule has 4 aliphatic carbocycles. The van der Waals surface area contributed by atoms with Crippen LogP contribution >= 0.6 is 0 Å². The van der Waals surface area contributed by atoms with E-state index in [2.05, 4.69) is 9.47 Å². The van der Waals surface area contributed by atoms with Crippen molar-refractivity contribution < 1.29 is 63.0 Å². The maximum atomic E-state index is 13.9. The number of carbonyl (C=O) groups excluding carboxylic acids is 2. The zero-order valence-corrected chi connectivity index (χ0v) is 20.8. The number of esters is 2. The molecule has 0 aromatic carbocycles. The lowest BCUT2D eigenvalue weighted by atomic mass is 9.48. The summed E-state index contributed by atoms with van der Waals surface area (Å²) in [5.41, 5.74) is -0.742. The number of fused-ring (bicyclic) bond motifs is 5. The van der Waals surface area contributed by atoms with Crippen molar-refractivity contribution in [3.8, 4) is 0 Å².